The quantitative estimate of drug-likeness (QED) is 0.267. The Hall–Kier alpha value is -4.61. The molecule has 0 spiro atoms. The minimum absolute atomic E-state index is 0.0259. The average molecular weight is 540 g/mol. The van der Waals surface area contributed by atoms with Gasteiger partial charge in [0.2, 0.25) is 5.75 Å². The lowest BCUT2D eigenvalue weighted by molar-refractivity contribution is -0.137. The predicted octanol–water partition coefficient (Wildman–Crippen LogP) is 4.72. The molecular formula is C27H23F3N4O5. The van der Waals surface area contributed by atoms with Crippen molar-refractivity contribution in [2.24, 2.45) is 7.05 Å². The Bertz CT molecular complexity index is 1640. The molecule has 12 heteroatoms. The van der Waals surface area contributed by atoms with Crippen molar-refractivity contribution >= 4 is 28.7 Å². The van der Waals surface area contributed by atoms with E-state index in [2.05, 4.69) is 5.10 Å². The van der Waals surface area contributed by atoms with Gasteiger partial charge in [0.1, 0.15) is 11.2 Å². The largest absolute Gasteiger partial charge is 0.493 e. The van der Waals surface area contributed by atoms with E-state index in [1.807, 2.05) is 6.08 Å². The minimum Gasteiger partial charge on any atom is -0.493 e. The summed E-state index contributed by atoms with van der Waals surface area (Å²) >= 11 is 0. The summed E-state index contributed by atoms with van der Waals surface area (Å²) < 4.78 is 58.2. The molecule has 9 nitrogen and oxygen atoms in total. The molecule has 0 unspecified atom stereocenters. The minimum atomic E-state index is -4.52. The van der Waals surface area contributed by atoms with E-state index in [4.69, 9.17) is 19.2 Å². The zero-order chi connectivity index (χ0) is 27.9. The second-order valence-electron chi connectivity index (χ2n) is 8.89. The highest BCUT2D eigenvalue weighted by atomic mass is 19.4. The highest BCUT2D eigenvalue weighted by Gasteiger charge is 2.30. The topological polar surface area (TPSA) is 97.5 Å². The van der Waals surface area contributed by atoms with Gasteiger partial charge in [-0.05, 0) is 66.5 Å². The van der Waals surface area contributed by atoms with Gasteiger partial charge in [-0.1, -0.05) is 0 Å². The first-order valence-corrected chi connectivity index (χ1v) is 11.9. The number of aromatic nitrogens is 4. The van der Waals surface area contributed by atoms with Crippen molar-refractivity contribution < 1.29 is 32.2 Å². The summed E-state index contributed by atoms with van der Waals surface area (Å²) in [5, 5.41) is 4.60. The summed E-state index contributed by atoms with van der Waals surface area (Å²) in [5.41, 5.74) is 0.835. The third-order valence-electron chi connectivity index (χ3n) is 6.43. The van der Waals surface area contributed by atoms with Crippen LogP contribution in [0.25, 0.3) is 22.7 Å². The smallest absolute Gasteiger partial charge is 0.416 e. The van der Waals surface area contributed by atoms with Gasteiger partial charge in [-0.3, -0.25) is 14.0 Å². The molecule has 0 N–H and O–H groups in total. The second-order valence-corrected chi connectivity index (χ2v) is 8.89. The molecule has 0 fully saturated rings. The molecule has 5 rings (SSSR count). The summed E-state index contributed by atoms with van der Waals surface area (Å²) in [5.74, 6) is -0.0223. The van der Waals surface area contributed by atoms with Crippen LogP contribution in [0.1, 0.15) is 40.2 Å². The first-order chi connectivity index (χ1) is 18.6. The highest BCUT2D eigenvalue weighted by Crippen LogP contribution is 2.40. The molecule has 39 heavy (non-hydrogen) atoms. The van der Waals surface area contributed by atoms with Crippen LogP contribution in [0.15, 0.2) is 47.4 Å². The Labute approximate surface area is 220 Å². The van der Waals surface area contributed by atoms with Crippen molar-refractivity contribution in [3.8, 4) is 17.2 Å². The molecule has 4 aromatic rings. The summed E-state index contributed by atoms with van der Waals surface area (Å²) in [6.07, 6.45) is 0.252. The monoisotopic (exact) mass is 540 g/mol. The van der Waals surface area contributed by atoms with Crippen LogP contribution in [0.2, 0.25) is 0 Å². The van der Waals surface area contributed by atoms with Crippen LogP contribution >= 0.6 is 0 Å². The molecule has 2 aromatic heterocycles. The molecule has 0 aliphatic carbocycles. The third kappa shape index (κ3) is 4.85. The molecule has 0 radical (unpaired) electrons. The van der Waals surface area contributed by atoms with Crippen LogP contribution < -0.4 is 19.8 Å². The number of rotatable bonds is 5. The molecule has 0 saturated carbocycles. The number of alkyl halides is 3. The van der Waals surface area contributed by atoms with Gasteiger partial charge in [0.15, 0.2) is 17.1 Å². The fourth-order valence-corrected chi connectivity index (χ4v) is 4.48. The number of hydrogen-bond donors (Lipinski definition) is 0. The van der Waals surface area contributed by atoms with E-state index >= 15 is 0 Å². The summed E-state index contributed by atoms with van der Waals surface area (Å²) in [6, 6.07) is 6.95. The number of carbonyl (C=O) groups is 1. The molecule has 3 heterocycles. The Morgan fingerprint density at radius 1 is 1.08 bits per heavy atom. The number of fused-ring (bicyclic) bond motifs is 2. The molecule has 2 aromatic carbocycles. The molecule has 0 bridgehead atoms. The predicted molar refractivity (Wildman–Crippen MR) is 136 cm³/mol. The number of nitrogens with zero attached hydrogens (tertiary/aromatic N) is 4. The first-order valence-electron chi connectivity index (χ1n) is 11.9. The van der Waals surface area contributed by atoms with Gasteiger partial charge in [-0.2, -0.15) is 18.3 Å². The van der Waals surface area contributed by atoms with E-state index < -0.39 is 17.7 Å². The standard InChI is InChI=1S/C27H23F3N4O5/c1-33-24-19(14-31-33)25(35)34-10-4-5-17(23(34)32-24)11-15-12-20(37-2)22(21(13-15)38-3)39-26(36)16-6-8-18(9-7-16)27(28,29)30/h6-9,11-14H,4-5,10H2,1-3H3/b17-11+. The maximum atomic E-state index is 13.0. The van der Waals surface area contributed by atoms with E-state index in [0.29, 0.717) is 35.4 Å². The lowest BCUT2D eigenvalue weighted by atomic mass is 10.0. The summed E-state index contributed by atoms with van der Waals surface area (Å²) in [4.78, 5) is 30.4. The van der Waals surface area contributed by atoms with E-state index in [-0.39, 0.29) is 28.4 Å². The number of esters is 1. The van der Waals surface area contributed by atoms with Crippen molar-refractivity contribution in [3.63, 3.8) is 0 Å². The van der Waals surface area contributed by atoms with Crippen molar-refractivity contribution in [3.05, 3.63) is 75.5 Å². The second kappa shape index (κ2) is 9.93. The molecule has 0 saturated heterocycles. The third-order valence-corrected chi connectivity index (χ3v) is 6.43. The number of allylic oxidation sites excluding steroid dienone is 1. The zero-order valence-corrected chi connectivity index (χ0v) is 21.2. The molecule has 0 atom stereocenters. The van der Waals surface area contributed by atoms with E-state index in [0.717, 1.165) is 36.3 Å². The molecule has 0 amide bonds. The number of aryl methyl sites for hydroxylation is 1. The zero-order valence-electron chi connectivity index (χ0n) is 21.2. The Morgan fingerprint density at radius 3 is 2.36 bits per heavy atom. The SMILES string of the molecule is COc1cc(/C=C2\CCCn3c2nc2c(cnn2C)c3=O)cc(OC)c1OC(=O)c1ccc(C(F)(F)F)cc1. The Balaban J connectivity index is 1.50. The van der Waals surface area contributed by atoms with Crippen LogP contribution in [0, 0.1) is 0 Å². The molecule has 1 aliphatic rings. The fraction of sp³-hybridized carbons (Fsp3) is 0.259. The normalized spacial score (nSPS) is 14.4. The highest BCUT2D eigenvalue weighted by molar-refractivity contribution is 5.92. The average Bonchev–Trinajstić information content (AvgIpc) is 3.30. The number of carbonyl (C=O) groups excluding carboxylic acids is 1. The van der Waals surface area contributed by atoms with Gasteiger partial charge in [-0.25, -0.2) is 9.78 Å². The van der Waals surface area contributed by atoms with E-state index in [9.17, 15) is 22.8 Å². The number of halogens is 3. The maximum Gasteiger partial charge on any atom is 0.416 e. The number of ether oxygens (including phenoxy) is 3. The fourth-order valence-electron chi connectivity index (χ4n) is 4.48. The maximum absolute atomic E-state index is 13.0. The lowest BCUT2D eigenvalue weighted by Crippen LogP contribution is -2.27. The summed E-state index contributed by atoms with van der Waals surface area (Å²) in [7, 11) is 4.49. The van der Waals surface area contributed by atoms with Gasteiger partial charge in [0.25, 0.3) is 5.56 Å². The Morgan fingerprint density at radius 2 is 1.74 bits per heavy atom. The molecular weight excluding hydrogens is 517 g/mol. The van der Waals surface area contributed by atoms with E-state index in [1.54, 1.807) is 28.4 Å². The number of benzene rings is 2. The summed E-state index contributed by atoms with van der Waals surface area (Å²) in [6.45, 7) is 0.537. The van der Waals surface area contributed by atoms with E-state index in [1.165, 1.54) is 20.4 Å². The van der Waals surface area contributed by atoms with Gasteiger partial charge < -0.3 is 14.2 Å². The van der Waals surface area contributed by atoms with Crippen LogP contribution in [-0.2, 0) is 19.8 Å². The van der Waals surface area contributed by atoms with Gasteiger partial charge in [0.05, 0.1) is 31.5 Å². The van der Waals surface area contributed by atoms with Crippen molar-refractivity contribution in [1.29, 1.82) is 0 Å². The molecule has 202 valence electrons. The first kappa shape index (κ1) is 26.0. The van der Waals surface area contributed by atoms with Crippen LogP contribution in [0.3, 0.4) is 0 Å². The molecule has 1 aliphatic heterocycles. The van der Waals surface area contributed by atoms with Crippen molar-refractivity contribution in [1.82, 2.24) is 19.3 Å². The van der Waals surface area contributed by atoms with Crippen molar-refractivity contribution in [2.45, 2.75) is 25.6 Å². The lowest BCUT2D eigenvalue weighted by Gasteiger charge is -2.20. The van der Waals surface area contributed by atoms with Crippen molar-refractivity contribution in [2.75, 3.05) is 14.2 Å². The van der Waals surface area contributed by atoms with Crippen LogP contribution in [-0.4, -0.2) is 39.5 Å². The number of methoxy groups -OCH3 is 2. The van der Waals surface area contributed by atoms with Gasteiger partial charge >= 0.3 is 12.1 Å². The Kier molecular flexibility index (Phi) is 6.62. The van der Waals surface area contributed by atoms with Gasteiger partial charge in [0, 0.05) is 13.6 Å². The van der Waals surface area contributed by atoms with Gasteiger partial charge in [-0.15, -0.1) is 0 Å². The van der Waals surface area contributed by atoms with Crippen LogP contribution in [0.5, 0.6) is 17.2 Å². The number of hydrogen-bond acceptors (Lipinski definition) is 7. The van der Waals surface area contributed by atoms with Crippen LogP contribution in [0.4, 0.5) is 13.2 Å².